The third kappa shape index (κ3) is 2.70. The van der Waals surface area contributed by atoms with E-state index in [0.717, 1.165) is 18.8 Å². The highest BCUT2D eigenvalue weighted by Gasteiger charge is 2.15. The fraction of sp³-hybridized carbons (Fsp3) is 0.417. The Morgan fingerprint density at radius 3 is 2.71 bits per heavy atom. The Kier molecular flexibility index (Phi) is 3.86. The first-order valence-corrected chi connectivity index (χ1v) is 6.00. The van der Waals surface area contributed by atoms with Crippen molar-refractivity contribution in [3.05, 3.63) is 23.8 Å². The number of morpholine rings is 1. The molecule has 1 saturated heterocycles. The summed E-state index contributed by atoms with van der Waals surface area (Å²) in [6, 6.07) is 5.04. The van der Waals surface area contributed by atoms with Crippen molar-refractivity contribution in [2.45, 2.75) is 0 Å². The molecule has 17 heavy (non-hydrogen) atoms. The number of hydrogen-bond donors (Lipinski definition) is 1. The lowest BCUT2D eigenvalue weighted by molar-refractivity contribution is 0.101. The maximum Gasteiger partial charge on any atom is 0.181 e. The smallest absolute Gasteiger partial charge is 0.181 e. The lowest BCUT2D eigenvalue weighted by Gasteiger charge is -2.29. The van der Waals surface area contributed by atoms with E-state index < -0.39 is 0 Å². The fourth-order valence-electron chi connectivity index (χ4n) is 1.85. The molecule has 0 atom stereocenters. The van der Waals surface area contributed by atoms with Crippen molar-refractivity contribution < 1.29 is 14.6 Å². The van der Waals surface area contributed by atoms with Gasteiger partial charge in [0, 0.05) is 24.8 Å². The predicted molar refractivity (Wildman–Crippen MR) is 66.2 cm³/mol. The number of anilines is 1. The molecule has 0 spiro atoms. The van der Waals surface area contributed by atoms with Crippen molar-refractivity contribution in [2.24, 2.45) is 0 Å². The molecule has 1 heterocycles. The number of rotatable bonds is 3. The monoisotopic (exact) mass is 255 g/mol. The highest BCUT2D eigenvalue weighted by molar-refractivity contribution is 6.30. The molecule has 1 aliphatic rings. The second kappa shape index (κ2) is 5.38. The fourth-order valence-corrected chi connectivity index (χ4v) is 1.99. The molecule has 5 heteroatoms. The number of alkyl halides is 1. The van der Waals surface area contributed by atoms with Crippen LogP contribution in [0, 0.1) is 0 Å². The van der Waals surface area contributed by atoms with Gasteiger partial charge in [-0.1, -0.05) is 0 Å². The molecule has 0 bridgehead atoms. The summed E-state index contributed by atoms with van der Waals surface area (Å²) in [6.45, 7) is 2.96. The predicted octanol–water partition coefficient (Wildman–Crippen LogP) is 1.65. The maximum absolute atomic E-state index is 11.4. The molecule has 1 fully saturated rings. The van der Waals surface area contributed by atoms with Crippen molar-refractivity contribution in [2.75, 3.05) is 37.1 Å². The average Bonchev–Trinajstić information content (AvgIpc) is 2.39. The van der Waals surface area contributed by atoms with Crippen LogP contribution in [0.4, 0.5) is 5.69 Å². The number of halogens is 1. The summed E-state index contributed by atoms with van der Waals surface area (Å²) < 4.78 is 5.26. The molecule has 0 amide bonds. The number of aromatic hydroxyl groups is 1. The first-order valence-electron chi connectivity index (χ1n) is 5.47. The second-order valence-corrected chi connectivity index (χ2v) is 4.12. The number of carbonyl (C=O) groups excluding carboxylic acids is 1. The molecule has 0 unspecified atom stereocenters. The summed E-state index contributed by atoms with van der Waals surface area (Å²) >= 11 is 5.46. The zero-order valence-electron chi connectivity index (χ0n) is 9.36. The van der Waals surface area contributed by atoms with Gasteiger partial charge < -0.3 is 14.7 Å². The highest BCUT2D eigenvalue weighted by atomic mass is 35.5. The number of hydrogen-bond acceptors (Lipinski definition) is 4. The molecule has 1 aromatic rings. The molecule has 1 aliphatic heterocycles. The summed E-state index contributed by atoms with van der Waals surface area (Å²) in [5.41, 5.74) is 1.17. The second-order valence-electron chi connectivity index (χ2n) is 3.86. The van der Waals surface area contributed by atoms with Gasteiger partial charge in [-0.15, -0.1) is 11.6 Å². The van der Waals surface area contributed by atoms with Crippen LogP contribution in [0.25, 0.3) is 0 Å². The first-order chi connectivity index (χ1) is 8.22. The zero-order chi connectivity index (χ0) is 12.3. The van der Waals surface area contributed by atoms with Crippen LogP contribution in [0.5, 0.6) is 5.75 Å². The van der Waals surface area contributed by atoms with Crippen molar-refractivity contribution in [1.29, 1.82) is 0 Å². The minimum Gasteiger partial charge on any atom is -0.507 e. The summed E-state index contributed by atoms with van der Waals surface area (Å²) in [6.07, 6.45) is 0. The molecule has 0 aliphatic carbocycles. The number of nitrogens with zero attached hydrogens (tertiary/aromatic N) is 1. The van der Waals surface area contributed by atoms with E-state index in [-0.39, 0.29) is 23.0 Å². The molecule has 0 saturated carbocycles. The van der Waals surface area contributed by atoms with Crippen molar-refractivity contribution in [3.8, 4) is 5.75 Å². The van der Waals surface area contributed by atoms with E-state index in [9.17, 15) is 9.90 Å². The Balaban J connectivity index is 2.20. The number of carbonyl (C=O) groups is 1. The van der Waals surface area contributed by atoms with E-state index >= 15 is 0 Å². The summed E-state index contributed by atoms with van der Waals surface area (Å²) in [7, 11) is 0. The van der Waals surface area contributed by atoms with Gasteiger partial charge in [-0.25, -0.2) is 0 Å². The van der Waals surface area contributed by atoms with E-state index in [4.69, 9.17) is 16.3 Å². The van der Waals surface area contributed by atoms with Crippen LogP contribution in [-0.4, -0.2) is 43.1 Å². The molecule has 4 nitrogen and oxygen atoms in total. The largest absolute Gasteiger partial charge is 0.507 e. The number of benzene rings is 1. The van der Waals surface area contributed by atoms with E-state index in [0.29, 0.717) is 13.2 Å². The van der Waals surface area contributed by atoms with Gasteiger partial charge in [0.2, 0.25) is 0 Å². The van der Waals surface area contributed by atoms with Gasteiger partial charge in [-0.3, -0.25) is 4.79 Å². The topological polar surface area (TPSA) is 49.8 Å². The molecular weight excluding hydrogens is 242 g/mol. The molecular formula is C12H14ClNO3. The van der Waals surface area contributed by atoms with Gasteiger partial charge in [0.05, 0.1) is 24.7 Å². The number of Topliss-reactive ketones (excluding diaryl/α,β-unsaturated/α-hetero) is 1. The first kappa shape index (κ1) is 12.2. The average molecular weight is 256 g/mol. The normalized spacial score (nSPS) is 15.9. The van der Waals surface area contributed by atoms with Gasteiger partial charge >= 0.3 is 0 Å². The molecule has 92 valence electrons. The van der Waals surface area contributed by atoms with Gasteiger partial charge in [0.1, 0.15) is 5.75 Å². The van der Waals surface area contributed by atoms with Crippen LogP contribution < -0.4 is 4.90 Å². The summed E-state index contributed by atoms with van der Waals surface area (Å²) in [4.78, 5) is 13.5. The molecule has 0 aromatic heterocycles. The zero-order valence-corrected chi connectivity index (χ0v) is 10.1. The van der Waals surface area contributed by atoms with Crippen LogP contribution in [0.3, 0.4) is 0 Å². The van der Waals surface area contributed by atoms with Crippen LogP contribution in [-0.2, 0) is 4.74 Å². The number of phenols is 1. The standard InChI is InChI=1S/C12H14ClNO3/c13-8-12(16)10-2-1-9(7-11(10)15)14-3-5-17-6-4-14/h1-2,7,15H,3-6,8H2. The molecule has 0 radical (unpaired) electrons. The van der Waals surface area contributed by atoms with Crippen LogP contribution in [0.1, 0.15) is 10.4 Å². The van der Waals surface area contributed by atoms with Gasteiger partial charge in [0.25, 0.3) is 0 Å². The lowest BCUT2D eigenvalue weighted by atomic mass is 10.1. The van der Waals surface area contributed by atoms with Gasteiger partial charge in [0.15, 0.2) is 5.78 Å². The Morgan fingerprint density at radius 1 is 1.41 bits per heavy atom. The number of phenolic OH excluding ortho intramolecular Hbond substituents is 1. The Morgan fingerprint density at radius 2 is 2.12 bits per heavy atom. The maximum atomic E-state index is 11.4. The van der Waals surface area contributed by atoms with Gasteiger partial charge in [-0.05, 0) is 12.1 Å². The van der Waals surface area contributed by atoms with E-state index in [2.05, 4.69) is 4.90 Å². The van der Waals surface area contributed by atoms with Crippen LogP contribution >= 0.6 is 11.6 Å². The summed E-state index contributed by atoms with van der Waals surface area (Å²) in [5, 5.41) is 9.79. The molecule has 2 rings (SSSR count). The van der Waals surface area contributed by atoms with Crippen LogP contribution in [0.15, 0.2) is 18.2 Å². The third-order valence-corrected chi connectivity index (χ3v) is 3.02. The molecule has 1 N–H and O–H groups in total. The highest BCUT2D eigenvalue weighted by Crippen LogP contribution is 2.25. The third-order valence-electron chi connectivity index (χ3n) is 2.78. The Hall–Kier alpha value is -1.26. The van der Waals surface area contributed by atoms with E-state index in [1.807, 2.05) is 6.07 Å². The quantitative estimate of drug-likeness (QED) is 0.659. The van der Waals surface area contributed by atoms with Gasteiger partial charge in [-0.2, -0.15) is 0 Å². The number of ether oxygens (including phenoxy) is 1. The Bertz CT molecular complexity index is 416. The molecule has 1 aromatic carbocycles. The minimum atomic E-state index is -0.266. The van der Waals surface area contributed by atoms with E-state index in [1.54, 1.807) is 12.1 Å². The van der Waals surface area contributed by atoms with E-state index in [1.165, 1.54) is 0 Å². The minimum absolute atomic E-state index is 0.0142. The number of ketones is 1. The van der Waals surface area contributed by atoms with Crippen molar-refractivity contribution in [3.63, 3.8) is 0 Å². The SMILES string of the molecule is O=C(CCl)c1ccc(N2CCOCC2)cc1O. The van der Waals surface area contributed by atoms with Crippen molar-refractivity contribution >= 4 is 23.1 Å². The van der Waals surface area contributed by atoms with Crippen molar-refractivity contribution in [1.82, 2.24) is 0 Å². The lowest BCUT2D eigenvalue weighted by Crippen LogP contribution is -2.36. The summed E-state index contributed by atoms with van der Waals surface area (Å²) in [5.74, 6) is -0.401. The van der Waals surface area contributed by atoms with Crippen LogP contribution in [0.2, 0.25) is 0 Å². The Labute approximate surface area is 105 Å².